The molecule has 1 aliphatic heterocycles. The van der Waals surface area contributed by atoms with Gasteiger partial charge in [-0.25, -0.2) is 4.98 Å². The van der Waals surface area contributed by atoms with Crippen LogP contribution in [0.4, 0.5) is 0 Å². The van der Waals surface area contributed by atoms with E-state index in [0.29, 0.717) is 19.0 Å². The van der Waals surface area contributed by atoms with Crippen molar-refractivity contribution in [1.29, 1.82) is 0 Å². The molecule has 0 saturated carbocycles. The fourth-order valence-electron chi connectivity index (χ4n) is 4.09. The molecule has 1 aromatic heterocycles. The summed E-state index contributed by atoms with van der Waals surface area (Å²) in [6.45, 7) is 2.31. The second kappa shape index (κ2) is 8.15. The number of imidazole rings is 1. The molecule has 0 aliphatic carbocycles. The lowest BCUT2D eigenvalue weighted by Crippen LogP contribution is -2.33. The lowest BCUT2D eigenvalue weighted by Gasteiger charge is -2.27. The van der Waals surface area contributed by atoms with Crippen molar-refractivity contribution < 1.29 is 4.79 Å². The Hall–Kier alpha value is -2.66. The SMILES string of the molecule is CN(Cc1nccn1C)C1CCC(=O)N(Cc2ccc3ccccc3c2)CC1. The van der Waals surface area contributed by atoms with Gasteiger partial charge in [-0.1, -0.05) is 36.4 Å². The third-order valence-corrected chi connectivity index (χ3v) is 5.90. The zero-order valence-electron chi connectivity index (χ0n) is 16.7. The lowest BCUT2D eigenvalue weighted by atomic mass is 10.1. The molecule has 1 amide bonds. The van der Waals surface area contributed by atoms with Crippen molar-refractivity contribution in [2.24, 2.45) is 7.05 Å². The normalized spacial score (nSPS) is 18.0. The molecule has 3 aromatic rings. The molecule has 28 heavy (non-hydrogen) atoms. The van der Waals surface area contributed by atoms with Gasteiger partial charge in [0.15, 0.2) is 0 Å². The molecule has 0 radical (unpaired) electrons. The number of rotatable bonds is 5. The highest BCUT2D eigenvalue weighted by Gasteiger charge is 2.25. The summed E-state index contributed by atoms with van der Waals surface area (Å²) in [6, 6.07) is 15.3. The number of likely N-dealkylation sites (tertiary alicyclic amines) is 1. The minimum atomic E-state index is 0.265. The van der Waals surface area contributed by atoms with Crippen LogP contribution in [0.15, 0.2) is 54.9 Å². The van der Waals surface area contributed by atoms with E-state index in [9.17, 15) is 4.79 Å². The third kappa shape index (κ3) is 4.09. The largest absolute Gasteiger partial charge is 0.338 e. The molecule has 0 spiro atoms. The Bertz CT molecular complexity index is 964. The van der Waals surface area contributed by atoms with Gasteiger partial charge in [-0.3, -0.25) is 9.69 Å². The first kappa shape index (κ1) is 18.7. The van der Waals surface area contributed by atoms with Crippen molar-refractivity contribution in [3.63, 3.8) is 0 Å². The average molecular weight is 377 g/mol. The van der Waals surface area contributed by atoms with Crippen molar-refractivity contribution in [3.05, 3.63) is 66.2 Å². The maximum atomic E-state index is 12.7. The van der Waals surface area contributed by atoms with E-state index >= 15 is 0 Å². The van der Waals surface area contributed by atoms with Crippen molar-refractivity contribution in [2.75, 3.05) is 13.6 Å². The van der Waals surface area contributed by atoms with Gasteiger partial charge in [0.25, 0.3) is 0 Å². The Balaban J connectivity index is 1.40. The van der Waals surface area contributed by atoms with E-state index in [4.69, 9.17) is 0 Å². The number of fused-ring (bicyclic) bond motifs is 1. The zero-order chi connectivity index (χ0) is 19.5. The van der Waals surface area contributed by atoms with Crippen LogP contribution in [0, 0.1) is 0 Å². The number of aromatic nitrogens is 2. The van der Waals surface area contributed by atoms with E-state index in [-0.39, 0.29) is 5.91 Å². The number of aryl methyl sites for hydroxylation is 1. The first-order valence-corrected chi connectivity index (χ1v) is 10.0. The Labute approximate surface area is 166 Å². The van der Waals surface area contributed by atoms with Crippen molar-refractivity contribution in [2.45, 2.75) is 38.4 Å². The van der Waals surface area contributed by atoms with Crippen LogP contribution >= 0.6 is 0 Å². The van der Waals surface area contributed by atoms with Gasteiger partial charge in [0, 0.05) is 45.0 Å². The zero-order valence-corrected chi connectivity index (χ0v) is 16.7. The van der Waals surface area contributed by atoms with Crippen LogP contribution in [0.5, 0.6) is 0 Å². The molecule has 1 fully saturated rings. The molecule has 5 nitrogen and oxygen atoms in total. The van der Waals surface area contributed by atoms with Crippen LogP contribution < -0.4 is 0 Å². The van der Waals surface area contributed by atoms with Gasteiger partial charge in [-0.2, -0.15) is 0 Å². The molecule has 2 aromatic carbocycles. The molecule has 1 aliphatic rings. The molecule has 1 atom stereocenters. The average Bonchev–Trinajstić information content (AvgIpc) is 3.01. The maximum Gasteiger partial charge on any atom is 0.222 e. The minimum absolute atomic E-state index is 0.265. The van der Waals surface area contributed by atoms with Crippen LogP contribution in [0.2, 0.25) is 0 Å². The number of amides is 1. The summed E-state index contributed by atoms with van der Waals surface area (Å²) < 4.78 is 2.06. The van der Waals surface area contributed by atoms with Crippen molar-refractivity contribution in [3.8, 4) is 0 Å². The van der Waals surface area contributed by atoms with Crippen molar-refractivity contribution >= 4 is 16.7 Å². The number of carbonyl (C=O) groups excluding carboxylic acids is 1. The predicted molar refractivity (Wildman–Crippen MR) is 112 cm³/mol. The number of hydrogen-bond acceptors (Lipinski definition) is 3. The summed E-state index contributed by atoms with van der Waals surface area (Å²) in [7, 11) is 4.17. The first-order valence-electron chi connectivity index (χ1n) is 10.0. The van der Waals surface area contributed by atoms with E-state index in [1.165, 1.54) is 16.3 Å². The van der Waals surface area contributed by atoms with E-state index in [1.54, 1.807) is 0 Å². The highest BCUT2D eigenvalue weighted by molar-refractivity contribution is 5.83. The van der Waals surface area contributed by atoms with E-state index < -0.39 is 0 Å². The molecule has 146 valence electrons. The minimum Gasteiger partial charge on any atom is -0.338 e. The summed E-state index contributed by atoms with van der Waals surface area (Å²) in [5.41, 5.74) is 1.20. The van der Waals surface area contributed by atoms with Crippen LogP contribution in [-0.2, 0) is 24.9 Å². The maximum absolute atomic E-state index is 12.7. The molecular weight excluding hydrogens is 348 g/mol. The highest BCUT2D eigenvalue weighted by Crippen LogP contribution is 2.22. The number of nitrogens with zero attached hydrogens (tertiary/aromatic N) is 4. The van der Waals surface area contributed by atoms with Gasteiger partial charge in [-0.15, -0.1) is 0 Å². The van der Waals surface area contributed by atoms with Crippen LogP contribution in [-0.4, -0.2) is 44.9 Å². The van der Waals surface area contributed by atoms with Gasteiger partial charge < -0.3 is 9.47 Å². The second-order valence-corrected chi connectivity index (χ2v) is 7.85. The lowest BCUT2D eigenvalue weighted by molar-refractivity contribution is -0.131. The summed E-state index contributed by atoms with van der Waals surface area (Å²) in [4.78, 5) is 21.5. The number of benzene rings is 2. The summed E-state index contributed by atoms with van der Waals surface area (Å²) in [5, 5.41) is 2.47. The van der Waals surface area contributed by atoms with Gasteiger partial charge in [0.2, 0.25) is 5.91 Å². The highest BCUT2D eigenvalue weighted by atomic mass is 16.2. The number of carbonyl (C=O) groups is 1. The van der Waals surface area contributed by atoms with Gasteiger partial charge in [0.05, 0.1) is 6.54 Å². The van der Waals surface area contributed by atoms with Crippen molar-refractivity contribution in [1.82, 2.24) is 19.4 Å². The molecule has 1 saturated heterocycles. The van der Waals surface area contributed by atoms with Gasteiger partial charge >= 0.3 is 0 Å². The fraction of sp³-hybridized carbons (Fsp3) is 0.391. The Morgan fingerprint density at radius 1 is 1.14 bits per heavy atom. The van der Waals surface area contributed by atoms with E-state index in [1.807, 2.05) is 24.3 Å². The van der Waals surface area contributed by atoms with E-state index in [2.05, 4.69) is 64.0 Å². The van der Waals surface area contributed by atoms with Gasteiger partial charge in [-0.05, 0) is 42.3 Å². The molecule has 0 bridgehead atoms. The standard InChI is InChI=1S/C23H28N4O/c1-25-14-12-24-22(25)17-26(2)21-9-10-23(28)27(13-11-21)16-18-7-8-19-5-3-4-6-20(19)15-18/h3-8,12,14-15,21H,9-11,13,16-17H2,1-2H3. The fourth-order valence-corrected chi connectivity index (χ4v) is 4.09. The quantitative estimate of drug-likeness (QED) is 0.683. The summed E-state index contributed by atoms with van der Waals surface area (Å²) >= 11 is 0. The second-order valence-electron chi connectivity index (χ2n) is 7.85. The van der Waals surface area contributed by atoms with E-state index in [0.717, 1.165) is 31.8 Å². The predicted octanol–water partition coefficient (Wildman–Crippen LogP) is 3.59. The van der Waals surface area contributed by atoms with Gasteiger partial charge in [0.1, 0.15) is 5.82 Å². The monoisotopic (exact) mass is 376 g/mol. The molecule has 5 heteroatoms. The molecule has 1 unspecified atom stereocenters. The van der Waals surface area contributed by atoms with Crippen LogP contribution in [0.1, 0.15) is 30.7 Å². The number of hydrogen-bond donors (Lipinski definition) is 0. The molecule has 2 heterocycles. The molecule has 0 N–H and O–H groups in total. The summed E-state index contributed by atoms with van der Waals surface area (Å²) in [6.07, 6.45) is 6.34. The first-order chi connectivity index (χ1) is 13.6. The Morgan fingerprint density at radius 3 is 2.75 bits per heavy atom. The summed E-state index contributed by atoms with van der Waals surface area (Å²) in [5.74, 6) is 1.33. The van der Waals surface area contributed by atoms with Crippen LogP contribution in [0.25, 0.3) is 10.8 Å². The van der Waals surface area contributed by atoms with Crippen LogP contribution in [0.3, 0.4) is 0 Å². The Kier molecular flexibility index (Phi) is 5.44. The third-order valence-electron chi connectivity index (χ3n) is 5.90. The smallest absolute Gasteiger partial charge is 0.222 e. The topological polar surface area (TPSA) is 41.4 Å². The molecule has 4 rings (SSSR count). The molecular formula is C23H28N4O. The Morgan fingerprint density at radius 2 is 1.96 bits per heavy atom.